The molecule has 5 nitrogen and oxygen atoms in total. The van der Waals surface area contributed by atoms with Crippen molar-refractivity contribution in [3.8, 4) is 0 Å². The van der Waals surface area contributed by atoms with Crippen LogP contribution in [0.15, 0.2) is 0 Å². The average molecular weight is 190 g/mol. The highest BCUT2D eigenvalue weighted by Gasteiger charge is 2.02. The number of carbonyl (C=O) groups excluding carboxylic acids is 1. The molecule has 0 spiro atoms. The van der Waals surface area contributed by atoms with Gasteiger partial charge in [0, 0.05) is 18.0 Å². The second-order valence-electron chi connectivity index (χ2n) is 2.08. The second-order valence-corrected chi connectivity index (χ2v) is 2.39. The summed E-state index contributed by atoms with van der Waals surface area (Å²) in [5.41, 5.74) is -0.843. The highest BCUT2D eigenvalue weighted by Crippen LogP contribution is 1.97. The molecular weight excluding hydrogens is 182 g/mol. The van der Waals surface area contributed by atoms with Gasteiger partial charge < -0.3 is 4.74 Å². The van der Waals surface area contributed by atoms with Crippen molar-refractivity contribution in [2.24, 2.45) is 0 Å². The Morgan fingerprint density at radius 1 is 1.75 bits per heavy atom. The predicted molar refractivity (Wildman–Crippen MR) is 41.8 cm³/mol. The Morgan fingerprint density at radius 2 is 2.50 bits per heavy atom. The van der Waals surface area contributed by atoms with Crippen molar-refractivity contribution in [1.29, 1.82) is 0 Å². The van der Waals surface area contributed by atoms with Gasteiger partial charge in [-0.3, -0.25) is 5.10 Å². The van der Waals surface area contributed by atoms with Crippen LogP contribution in [0.5, 0.6) is 0 Å². The van der Waals surface area contributed by atoms with Gasteiger partial charge in [0.2, 0.25) is 0 Å². The number of hydrogen-bond acceptors (Lipinski definition) is 4. The lowest BCUT2D eigenvalue weighted by Gasteiger charge is -1.93. The zero-order valence-electron chi connectivity index (χ0n) is 6.50. The summed E-state index contributed by atoms with van der Waals surface area (Å²) in [5, 5.41) is 6.46. The van der Waals surface area contributed by atoms with E-state index in [9.17, 15) is 4.79 Å². The van der Waals surface area contributed by atoms with Crippen molar-refractivity contribution in [3.05, 3.63) is 11.6 Å². The van der Waals surface area contributed by atoms with Gasteiger partial charge in [-0.15, -0.1) is 0 Å². The summed E-state index contributed by atoms with van der Waals surface area (Å²) in [6.07, 6.45) is 0.741. The molecule has 0 saturated carbocycles. The van der Waals surface area contributed by atoms with Crippen LogP contribution in [0.1, 0.15) is 18.6 Å². The summed E-state index contributed by atoms with van der Waals surface area (Å²) in [4.78, 5) is 14.2. The highest BCUT2D eigenvalue weighted by atomic mass is 35.5. The number of hydrogen-bond donors (Lipinski definition) is 1. The molecule has 0 aromatic carbocycles. The van der Waals surface area contributed by atoms with E-state index >= 15 is 0 Å². The molecule has 0 fully saturated rings. The fraction of sp³-hybridized carbons (Fsp3) is 0.500. The number of aryl methyl sites for hydroxylation is 1. The molecule has 1 rings (SSSR count). The van der Waals surface area contributed by atoms with E-state index in [0.29, 0.717) is 11.6 Å². The van der Waals surface area contributed by atoms with Gasteiger partial charge in [0.1, 0.15) is 0 Å². The van der Waals surface area contributed by atoms with E-state index in [0.717, 1.165) is 6.42 Å². The van der Waals surface area contributed by atoms with Crippen LogP contribution in [-0.2, 0) is 17.8 Å². The summed E-state index contributed by atoms with van der Waals surface area (Å²) < 4.78 is 4.48. The Morgan fingerprint density at radius 3 is 3.00 bits per heavy atom. The van der Waals surface area contributed by atoms with E-state index in [4.69, 9.17) is 11.6 Å². The molecule has 6 heteroatoms. The lowest BCUT2D eigenvalue weighted by molar-refractivity contribution is 0.164. The van der Waals surface area contributed by atoms with Gasteiger partial charge in [0.15, 0.2) is 18.3 Å². The second kappa shape index (κ2) is 4.06. The molecule has 12 heavy (non-hydrogen) atoms. The van der Waals surface area contributed by atoms with Crippen molar-refractivity contribution in [1.82, 2.24) is 15.2 Å². The van der Waals surface area contributed by atoms with Crippen LogP contribution in [0.2, 0.25) is 0 Å². The summed E-state index contributed by atoms with van der Waals surface area (Å²) in [5.74, 6) is 1.19. The molecule has 1 aromatic rings. The van der Waals surface area contributed by atoms with E-state index in [-0.39, 0.29) is 6.61 Å². The quantitative estimate of drug-likeness (QED) is 0.727. The standard InChI is InChI=1S/C6H8ClN3O2/c1-2-4-8-5(10-9-4)3-12-6(7)11/h2-3H2,1H3,(H,8,9,10). The molecule has 0 aliphatic heterocycles. The van der Waals surface area contributed by atoms with Crippen molar-refractivity contribution in [3.63, 3.8) is 0 Å². The van der Waals surface area contributed by atoms with E-state index in [1.807, 2.05) is 6.92 Å². The third-order valence-electron chi connectivity index (χ3n) is 1.22. The third-order valence-corrected chi connectivity index (χ3v) is 1.33. The minimum Gasteiger partial charge on any atom is -0.445 e. The fourth-order valence-electron chi connectivity index (χ4n) is 0.683. The number of H-pyrrole nitrogens is 1. The first-order chi connectivity index (χ1) is 5.72. The first-order valence-corrected chi connectivity index (χ1v) is 3.82. The zero-order chi connectivity index (χ0) is 8.97. The Kier molecular flexibility index (Phi) is 3.04. The van der Waals surface area contributed by atoms with E-state index in [2.05, 4.69) is 19.9 Å². The lowest BCUT2D eigenvalue weighted by atomic mass is 10.5. The Balaban J connectivity index is 2.47. The molecule has 1 N–H and O–H groups in total. The molecule has 0 radical (unpaired) electrons. The molecule has 0 saturated heterocycles. The number of nitrogens with one attached hydrogen (secondary N) is 1. The maximum Gasteiger partial charge on any atom is 0.404 e. The van der Waals surface area contributed by atoms with Gasteiger partial charge in [-0.25, -0.2) is 9.78 Å². The number of nitrogens with zero attached hydrogens (tertiary/aromatic N) is 2. The first-order valence-electron chi connectivity index (χ1n) is 3.44. The monoisotopic (exact) mass is 189 g/mol. The number of aromatic amines is 1. The SMILES string of the molecule is CCc1n[nH]c(COC(=O)Cl)n1. The van der Waals surface area contributed by atoms with Crippen molar-refractivity contribution in [2.75, 3.05) is 0 Å². The molecule has 0 aliphatic rings. The normalized spacial score (nSPS) is 9.83. The van der Waals surface area contributed by atoms with Gasteiger partial charge in [-0.1, -0.05) is 6.92 Å². The van der Waals surface area contributed by atoms with Crippen LogP contribution < -0.4 is 0 Å². The minimum atomic E-state index is -0.843. The predicted octanol–water partition coefficient (Wildman–Crippen LogP) is 1.24. The Hall–Kier alpha value is -1.10. The third kappa shape index (κ3) is 2.50. The Labute approximate surface area is 74.1 Å². The first kappa shape index (κ1) is 8.99. The summed E-state index contributed by atoms with van der Waals surface area (Å²) in [6.45, 7) is 1.97. The van der Waals surface area contributed by atoms with Gasteiger partial charge >= 0.3 is 5.43 Å². The number of halogens is 1. The average Bonchev–Trinajstić information content (AvgIpc) is 2.48. The van der Waals surface area contributed by atoms with Gasteiger partial charge in [-0.2, -0.15) is 5.10 Å². The van der Waals surface area contributed by atoms with E-state index < -0.39 is 5.43 Å². The molecule has 1 aromatic heterocycles. The Bertz CT molecular complexity index is 274. The number of ether oxygens (including phenoxy) is 1. The van der Waals surface area contributed by atoms with E-state index in [1.165, 1.54) is 0 Å². The fourth-order valence-corrected chi connectivity index (χ4v) is 0.737. The van der Waals surface area contributed by atoms with Crippen LogP contribution in [0.25, 0.3) is 0 Å². The number of rotatable bonds is 3. The molecule has 0 aliphatic carbocycles. The van der Waals surface area contributed by atoms with Crippen molar-refractivity contribution in [2.45, 2.75) is 20.0 Å². The van der Waals surface area contributed by atoms with Crippen LogP contribution in [-0.4, -0.2) is 20.6 Å². The molecule has 1 heterocycles. The smallest absolute Gasteiger partial charge is 0.404 e. The topological polar surface area (TPSA) is 67.9 Å². The molecule has 0 atom stereocenters. The van der Waals surface area contributed by atoms with Gasteiger partial charge in [0.05, 0.1) is 0 Å². The largest absolute Gasteiger partial charge is 0.445 e. The van der Waals surface area contributed by atoms with Crippen molar-refractivity contribution >= 4 is 17.0 Å². The van der Waals surface area contributed by atoms with Gasteiger partial charge in [-0.05, 0) is 0 Å². The maximum absolute atomic E-state index is 10.2. The summed E-state index contributed by atoms with van der Waals surface area (Å²) >= 11 is 4.95. The lowest BCUT2D eigenvalue weighted by Crippen LogP contribution is -1.96. The van der Waals surface area contributed by atoms with Crippen LogP contribution in [0, 0.1) is 0 Å². The number of aromatic nitrogens is 3. The summed E-state index contributed by atoms with van der Waals surface area (Å²) in [7, 11) is 0. The summed E-state index contributed by atoms with van der Waals surface area (Å²) in [6, 6.07) is 0. The molecule has 0 bridgehead atoms. The minimum absolute atomic E-state index is 0.0370. The van der Waals surface area contributed by atoms with Gasteiger partial charge in [0.25, 0.3) is 0 Å². The molecule has 66 valence electrons. The zero-order valence-corrected chi connectivity index (χ0v) is 7.26. The van der Waals surface area contributed by atoms with E-state index in [1.54, 1.807) is 0 Å². The maximum atomic E-state index is 10.2. The van der Waals surface area contributed by atoms with Crippen molar-refractivity contribution < 1.29 is 9.53 Å². The molecule has 0 unspecified atom stereocenters. The van der Waals surface area contributed by atoms with Crippen LogP contribution in [0.4, 0.5) is 4.79 Å². The molecule has 0 amide bonds. The van der Waals surface area contributed by atoms with Crippen LogP contribution in [0.3, 0.4) is 0 Å². The molecular formula is C6H8ClN3O2. The highest BCUT2D eigenvalue weighted by molar-refractivity contribution is 6.61. The number of carbonyl (C=O) groups is 1. The van der Waals surface area contributed by atoms with Crippen LogP contribution >= 0.6 is 11.6 Å².